The van der Waals surface area contributed by atoms with Gasteiger partial charge in [-0.3, -0.25) is 0 Å². The zero-order valence-electron chi connectivity index (χ0n) is 7.35. The number of nitrogens with one attached hydrogen (secondary N) is 1. The van der Waals surface area contributed by atoms with Gasteiger partial charge in [-0.15, -0.1) is 0 Å². The second kappa shape index (κ2) is 3.38. The summed E-state index contributed by atoms with van der Waals surface area (Å²) in [4.78, 5) is 0. The smallest absolute Gasteiger partial charge is 0.00902 e. The SMILES string of the molecule is CC[C@H]1NC[C@@H](C)C[C@H]1C. The van der Waals surface area contributed by atoms with Crippen molar-refractivity contribution in [1.82, 2.24) is 5.32 Å². The Bertz CT molecular complexity index is 101. The van der Waals surface area contributed by atoms with Crippen LogP contribution >= 0.6 is 0 Å². The molecule has 0 unspecified atom stereocenters. The molecular weight excluding hydrogens is 122 g/mol. The third kappa shape index (κ3) is 1.72. The van der Waals surface area contributed by atoms with Gasteiger partial charge in [0.15, 0.2) is 0 Å². The molecular formula is C9H19N. The minimum absolute atomic E-state index is 0.788. The fraction of sp³-hybridized carbons (Fsp3) is 1.00. The molecule has 1 aliphatic heterocycles. The maximum absolute atomic E-state index is 3.57. The Morgan fingerprint density at radius 2 is 2.10 bits per heavy atom. The summed E-state index contributed by atoms with van der Waals surface area (Å²) in [5.74, 6) is 1.77. The molecule has 0 spiro atoms. The highest BCUT2D eigenvalue weighted by Crippen LogP contribution is 2.21. The van der Waals surface area contributed by atoms with Crippen molar-refractivity contribution >= 4 is 0 Å². The van der Waals surface area contributed by atoms with Crippen LogP contribution in [0.1, 0.15) is 33.6 Å². The molecule has 1 nitrogen and oxygen atoms in total. The van der Waals surface area contributed by atoms with Crippen molar-refractivity contribution in [2.75, 3.05) is 6.54 Å². The summed E-state index contributed by atoms with van der Waals surface area (Å²) in [7, 11) is 0. The van der Waals surface area contributed by atoms with E-state index in [9.17, 15) is 0 Å². The Balaban J connectivity index is 2.36. The average Bonchev–Trinajstić information content (AvgIpc) is 1.88. The van der Waals surface area contributed by atoms with Crippen LogP contribution in [-0.4, -0.2) is 12.6 Å². The van der Waals surface area contributed by atoms with Gasteiger partial charge in [-0.05, 0) is 31.2 Å². The molecule has 0 aromatic carbocycles. The van der Waals surface area contributed by atoms with Gasteiger partial charge in [-0.2, -0.15) is 0 Å². The highest BCUT2D eigenvalue weighted by atomic mass is 14.9. The molecule has 3 atom stereocenters. The zero-order valence-corrected chi connectivity index (χ0v) is 7.35. The predicted octanol–water partition coefficient (Wildman–Crippen LogP) is 2.03. The largest absolute Gasteiger partial charge is 0.313 e. The Morgan fingerprint density at radius 3 is 2.60 bits per heavy atom. The van der Waals surface area contributed by atoms with Crippen molar-refractivity contribution in [2.24, 2.45) is 11.8 Å². The molecule has 0 aromatic rings. The third-order valence-corrected chi connectivity index (χ3v) is 2.63. The molecule has 60 valence electrons. The van der Waals surface area contributed by atoms with Crippen molar-refractivity contribution in [3.8, 4) is 0 Å². The average molecular weight is 141 g/mol. The Morgan fingerprint density at radius 1 is 1.40 bits per heavy atom. The first-order valence-corrected chi connectivity index (χ1v) is 4.47. The minimum atomic E-state index is 0.788. The van der Waals surface area contributed by atoms with Crippen molar-refractivity contribution in [3.05, 3.63) is 0 Å². The second-order valence-electron chi connectivity index (χ2n) is 3.74. The molecule has 1 heterocycles. The van der Waals surface area contributed by atoms with Crippen LogP contribution in [0.15, 0.2) is 0 Å². The maximum atomic E-state index is 3.57. The molecule has 0 aromatic heterocycles. The number of piperidine rings is 1. The second-order valence-corrected chi connectivity index (χ2v) is 3.74. The highest BCUT2D eigenvalue weighted by Gasteiger charge is 2.22. The first-order valence-electron chi connectivity index (χ1n) is 4.47. The van der Waals surface area contributed by atoms with Gasteiger partial charge >= 0.3 is 0 Å². The van der Waals surface area contributed by atoms with E-state index in [2.05, 4.69) is 26.1 Å². The van der Waals surface area contributed by atoms with E-state index in [4.69, 9.17) is 0 Å². The molecule has 0 bridgehead atoms. The van der Waals surface area contributed by atoms with Crippen molar-refractivity contribution < 1.29 is 0 Å². The summed E-state index contributed by atoms with van der Waals surface area (Å²) in [6, 6.07) is 0.788. The number of hydrogen-bond acceptors (Lipinski definition) is 1. The lowest BCUT2D eigenvalue weighted by Gasteiger charge is -2.33. The normalized spacial score (nSPS) is 41.7. The molecule has 1 saturated heterocycles. The quantitative estimate of drug-likeness (QED) is 0.589. The van der Waals surface area contributed by atoms with Crippen LogP contribution in [-0.2, 0) is 0 Å². The van der Waals surface area contributed by atoms with Crippen LogP contribution in [0.3, 0.4) is 0 Å². The van der Waals surface area contributed by atoms with Gasteiger partial charge in [0.2, 0.25) is 0 Å². The van der Waals surface area contributed by atoms with E-state index >= 15 is 0 Å². The summed E-state index contributed by atoms with van der Waals surface area (Å²) in [6.07, 6.45) is 2.69. The Kier molecular flexibility index (Phi) is 2.72. The lowest BCUT2D eigenvalue weighted by molar-refractivity contribution is 0.239. The highest BCUT2D eigenvalue weighted by molar-refractivity contribution is 4.79. The van der Waals surface area contributed by atoms with E-state index in [1.54, 1.807) is 0 Å². The van der Waals surface area contributed by atoms with Gasteiger partial charge in [0.1, 0.15) is 0 Å². The summed E-state index contributed by atoms with van der Waals surface area (Å²) >= 11 is 0. The molecule has 0 amide bonds. The number of rotatable bonds is 1. The topological polar surface area (TPSA) is 12.0 Å². The third-order valence-electron chi connectivity index (χ3n) is 2.63. The van der Waals surface area contributed by atoms with Crippen LogP contribution in [0, 0.1) is 11.8 Å². The van der Waals surface area contributed by atoms with Crippen LogP contribution < -0.4 is 5.32 Å². The zero-order chi connectivity index (χ0) is 7.56. The van der Waals surface area contributed by atoms with Gasteiger partial charge < -0.3 is 5.32 Å². The van der Waals surface area contributed by atoms with Crippen molar-refractivity contribution in [3.63, 3.8) is 0 Å². The van der Waals surface area contributed by atoms with Gasteiger partial charge in [-0.25, -0.2) is 0 Å². The monoisotopic (exact) mass is 141 g/mol. The van der Waals surface area contributed by atoms with E-state index in [0.717, 1.165) is 17.9 Å². The summed E-state index contributed by atoms with van der Waals surface area (Å²) < 4.78 is 0. The first kappa shape index (κ1) is 8.06. The van der Waals surface area contributed by atoms with Crippen molar-refractivity contribution in [2.45, 2.75) is 39.7 Å². The van der Waals surface area contributed by atoms with Gasteiger partial charge in [0, 0.05) is 6.04 Å². The van der Waals surface area contributed by atoms with Crippen molar-refractivity contribution in [1.29, 1.82) is 0 Å². The number of hydrogen-bond donors (Lipinski definition) is 1. The fourth-order valence-corrected chi connectivity index (χ4v) is 1.98. The fourth-order valence-electron chi connectivity index (χ4n) is 1.98. The van der Waals surface area contributed by atoms with Crippen LogP contribution in [0.2, 0.25) is 0 Å². The molecule has 1 N–H and O–H groups in total. The molecule has 10 heavy (non-hydrogen) atoms. The van der Waals surface area contributed by atoms with Gasteiger partial charge in [0.05, 0.1) is 0 Å². The van der Waals surface area contributed by atoms with Gasteiger partial charge in [-0.1, -0.05) is 20.8 Å². The van der Waals surface area contributed by atoms with E-state index in [1.807, 2.05) is 0 Å². The Hall–Kier alpha value is -0.0400. The molecule has 0 radical (unpaired) electrons. The molecule has 0 saturated carbocycles. The van der Waals surface area contributed by atoms with Crippen LogP contribution in [0.5, 0.6) is 0 Å². The Labute approximate surface area is 64.2 Å². The summed E-state index contributed by atoms with van der Waals surface area (Å²) in [6.45, 7) is 8.18. The summed E-state index contributed by atoms with van der Waals surface area (Å²) in [5, 5.41) is 3.57. The summed E-state index contributed by atoms with van der Waals surface area (Å²) in [5.41, 5.74) is 0. The van der Waals surface area contributed by atoms with E-state index < -0.39 is 0 Å². The first-order chi connectivity index (χ1) is 4.74. The molecule has 1 heteroatoms. The standard InChI is InChI=1S/C9H19N/c1-4-9-8(3)5-7(2)6-10-9/h7-10H,4-6H2,1-3H3/t7-,8+,9+/m0/s1. The van der Waals surface area contributed by atoms with Crippen LogP contribution in [0.25, 0.3) is 0 Å². The lowest BCUT2D eigenvalue weighted by Crippen LogP contribution is -2.43. The molecule has 1 aliphatic rings. The molecule has 1 fully saturated rings. The van der Waals surface area contributed by atoms with Crippen LogP contribution in [0.4, 0.5) is 0 Å². The van der Waals surface area contributed by atoms with E-state index in [1.165, 1.54) is 19.4 Å². The van der Waals surface area contributed by atoms with Gasteiger partial charge in [0.25, 0.3) is 0 Å². The maximum Gasteiger partial charge on any atom is 0.00902 e. The molecule has 0 aliphatic carbocycles. The molecule has 1 rings (SSSR count). The van der Waals surface area contributed by atoms with E-state index in [0.29, 0.717) is 0 Å². The predicted molar refractivity (Wildman–Crippen MR) is 45.0 cm³/mol. The van der Waals surface area contributed by atoms with E-state index in [-0.39, 0.29) is 0 Å². The lowest BCUT2D eigenvalue weighted by atomic mass is 9.86. The minimum Gasteiger partial charge on any atom is -0.313 e.